The molecular formula is C24H26N2O3S. The molecule has 0 aliphatic heterocycles. The van der Waals surface area contributed by atoms with Gasteiger partial charge in [0.1, 0.15) is 6.54 Å². The molecule has 1 atom stereocenters. The number of anilines is 1. The number of nitrogens with one attached hydrogen (secondary N) is 1. The van der Waals surface area contributed by atoms with Crippen molar-refractivity contribution in [1.29, 1.82) is 0 Å². The Morgan fingerprint density at radius 1 is 0.900 bits per heavy atom. The number of benzene rings is 3. The molecule has 3 aromatic rings. The van der Waals surface area contributed by atoms with Crippen LogP contribution in [0.2, 0.25) is 0 Å². The van der Waals surface area contributed by atoms with Crippen LogP contribution < -0.4 is 9.62 Å². The van der Waals surface area contributed by atoms with Crippen molar-refractivity contribution < 1.29 is 13.2 Å². The normalized spacial score (nSPS) is 12.2. The molecule has 156 valence electrons. The van der Waals surface area contributed by atoms with Gasteiger partial charge in [-0.25, -0.2) is 8.42 Å². The van der Waals surface area contributed by atoms with E-state index in [2.05, 4.69) is 5.32 Å². The Bertz CT molecular complexity index is 1070. The molecule has 30 heavy (non-hydrogen) atoms. The van der Waals surface area contributed by atoms with Crippen LogP contribution in [0, 0.1) is 6.92 Å². The molecule has 0 radical (unpaired) electrons. The van der Waals surface area contributed by atoms with E-state index in [1.165, 1.54) is 12.1 Å². The zero-order valence-corrected chi connectivity index (χ0v) is 18.0. The molecule has 3 aromatic carbocycles. The van der Waals surface area contributed by atoms with E-state index in [4.69, 9.17) is 0 Å². The predicted molar refractivity (Wildman–Crippen MR) is 120 cm³/mol. The molecule has 1 amide bonds. The molecule has 0 saturated carbocycles. The molecule has 0 aliphatic rings. The fraction of sp³-hybridized carbons (Fsp3) is 0.208. The third-order valence-electron chi connectivity index (χ3n) is 4.89. The fourth-order valence-electron chi connectivity index (χ4n) is 3.22. The zero-order chi connectivity index (χ0) is 21.6. The first-order valence-electron chi connectivity index (χ1n) is 9.90. The molecule has 6 heteroatoms. The van der Waals surface area contributed by atoms with Crippen molar-refractivity contribution in [3.8, 4) is 0 Å². The van der Waals surface area contributed by atoms with Gasteiger partial charge in [-0.3, -0.25) is 9.10 Å². The van der Waals surface area contributed by atoms with E-state index >= 15 is 0 Å². The number of carbonyl (C=O) groups excluding carboxylic acids is 1. The van der Waals surface area contributed by atoms with Crippen LogP contribution in [0.3, 0.4) is 0 Å². The second-order valence-electron chi connectivity index (χ2n) is 7.10. The van der Waals surface area contributed by atoms with Crippen LogP contribution >= 0.6 is 0 Å². The van der Waals surface area contributed by atoms with Gasteiger partial charge in [0.15, 0.2) is 0 Å². The highest BCUT2D eigenvalue weighted by Gasteiger charge is 2.27. The van der Waals surface area contributed by atoms with Gasteiger partial charge >= 0.3 is 0 Å². The maximum Gasteiger partial charge on any atom is 0.264 e. The average Bonchev–Trinajstić information content (AvgIpc) is 2.77. The second kappa shape index (κ2) is 9.59. The van der Waals surface area contributed by atoms with Gasteiger partial charge in [0.2, 0.25) is 5.91 Å². The highest BCUT2D eigenvalue weighted by molar-refractivity contribution is 7.92. The van der Waals surface area contributed by atoms with Gasteiger partial charge in [0.05, 0.1) is 16.6 Å². The van der Waals surface area contributed by atoms with Gasteiger partial charge in [-0.05, 0) is 43.2 Å². The van der Waals surface area contributed by atoms with Crippen molar-refractivity contribution >= 4 is 21.6 Å². The largest absolute Gasteiger partial charge is 0.348 e. The minimum atomic E-state index is -3.90. The van der Waals surface area contributed by atoms with Crippen LogP contribution in [0.5, 0.6) is 0 Å². The third-order valence-corrected chi connectivity index (χ3v) is 6.67. The predicted octanol–water partition coefficient (Wildman–Crippen LogP) is 4.46. The summed E-state index contributed by atoms with van der Waals surface area (Å²) < 4.78 is 27.8. The van der Waals surface area contributed by atoms with Crippen molar-refractivity contribution in [1.82, 2.24) is 5.32 Å². The number of amides is 1. The Kier molecular flexibility index (Phi) is 6.90. The van der Waals surface area contributed by atoms with E-state index in [9.17, 15) is 13.2 Å². The number of aryl methyl sites for hydroxylation is 1. The molecule has 0 aliphatic carbocycles. The first kappa shape index (κ1) is 21.6. The summed E-state index contributed by atoms with van der Waals surface area (Å²) in [5, 5.41) is 2.97. The van der Waals surface area contributed by atoms with Crippen molar-refractivity contribution in [3.05, 3.63) is 96.1 Å². The van der Waals surface area contributed by atoms with Crippen LogP contribution in [0.15, 0.2) is 89.8 Å². The minimum absolute atomic E-state index is 0.147. The van der Waals surface area contributed by atoms with Crippen molar-refractivity contribution in [3.63, 3.8) is 0 Å². The molecule has 0 spiro atoms. The van der Waals surface area contributed by atoms with Crippen LogP contribution in [0.4, 0.5) is 5.69 Å². The standard InChI is InChI=1S/C24H26N2O3S/c1-3-23(20-10-6-4-7-11-20)25-24(27)18-26(21-16-14-19(2)15-17-21)30(28,29)22-12-8-5-9-13-22/h4-17,23H,3,18H2,1-2H3,(H,25,27)/t23-/m0/s1. The molecule has 0 bridgehead atoms. The quantitative estimate of drug-likeness (QED) is 0.583. The van der Waals surface area contributed by atoms with E-state index in [1.54, 1.807) is 30.3 Å². The second-order valence-corrected chi connectivity index (χ2v) is 8.96. The van der Waals surface area contributed by atoms with Gasteiger partial charge in [-0.2, -0.15) is 0 Å². The summed E-state index contributed by atoms with van der Waals surface area (Å²) in [6.45, 7) is 3.61. The number of carbonyl (C=O) groups is 1. The number of hydrogen-bond acceptors (Lipinski definition) is 3. The summed E-state index contributed by atoms with van der Waals surface area (Å²) in [6.07, 6.45) is 0.700. The zero-order valence-electron chi connectivity index (χ0n) is 17.2. The van der Waals surface area contributed by atoms with E-state index in [0.717, 1.165) is 15.4 Å². The van der Waals surface area contributed by atoms with Gasteiger partial charge in [0.25, 0.3) is 10.0 Å². The first-order valence-corrected chi connectivity index (χ1v) is 11.3. The summed E-state index contributed by atoms with van der Waals surface area (Å²) in [7, 11) is -3.90. The highest BCUT2D eigenvalue weighted by atomic mass is 32.2. The topological polar surface area (TPSA) is 66.5 Å². The SMILES string of the molecule is CC[C@H](NC(=O)CN(c1ccc(C)cc1)S(=O)(=O)c1ccccc1)c1ccccc1. The summed E-state index contributed by atoms with van der Waals surface area (Å²) in [6, 6.07) is 24.8. The monoisotopic (exact) mass is 422 g/mol. The summed E-state index contributed by atoms with van der Waals surface area (Å²) in [5.41, 5.74) is 2.45. The third kappa shape index (κ3) is 5.07. The fourth-order valence-corrected chi connectivity index (χ4v) is 4.66. The summed E-state index contributed by atoms with van der Waals surface area (Å²) in [4.78, 5) is 13.0. The van der Waals surface area contributed by atoms with Crippen molar-refractivity contribution in [2.24, 2.45) is 0 Å². The number of sulfonamides is 1. The lowest BCUT2D eigenvalue weighted by Gasteiger charge is -2.26. The molecule has 0 saturated heterocycles. The van der Waals surface area contributed by atoms with Crippen LogP contribution in [0.1, 0.15) is 30.5 Å². The lowest BCUT2D eigenvalue weighted by atomic mass is 10.0. The van der Waals surface area contributed by atoms with Gasteiger partial charge in [0, 0.05) is 0 Å². The van der Waals surface area contributed by atoms with Gasteiger partial charge < -0.3 is 5.32 Å². The molecule has 0 unspecified atom stereocenters. The summed E-state index contributed by atoms with van der Waals surface area (Å²) in [5.74, 6) is -0.356. The molecule has 1 N–H and O–H groups in total. The Labute approximate surface area is 178 Å². The Hall–Kier alpha value is -3.12. The maximum atomic E-state index is 13.3. The van der Waals surface area contributed by atoms with E-state index in [0.29, 0.717) is 12.1 Å². The van der Waals surface area contributed by atoms with E-state index in [-0.39, 0.29) is 23.4 Å². The highest BCUT2D eigenvalue weighted by Crippen LogP contribution is 2.24. The maximum absolute atomic E-state index is 13.3. The lowest BCUT2D eigenvalue weighted by Crippen LogP contribution is -2.42. The molecule has 5 nitrogen and oxygen atoms in total. The smallest absolute Gasteiger partial charge is 0.264 e. The van der Waals surface area contributed by atoms with E-state index < -0.39 is 10.0 Å². The molecular weight excluding hydrogens is 396 g/mol. The summed E-state index contributed by atoms with van der Waals surface area (Å²) >= 11 is 0. The number of hydrogen-bond donors (Lipinski definition) is 1. The van der Waals surface area contributed by atoms with Crippen LogP contribution in [-0.2, 0) is 14.8 Å². The molecule has 0 aromatic heterocycles. The molecule has 3 rings (SSSR count). The average molecular weight is 423 g/mol. The number of rotatable bonds is 8. The van der Waals surface area contributed by atoms with Gasteiger partial charge in [-0.1, -0.05) is 73.2 Å². The van der Waals surface area contributed by atoms with E-state index in [1.807, 2.05) is 56.3 Å². The minimum Gasteiger partial charge on any atom is -0.348 e. The number of nitrogens with zero attached hydrogens (tertiary/aromatic N) is 1. The molecule has 0 fully saturated rings. The Morgan fingerprint density at radius 3 is 2.03 bits per heavy atom. The van der Waals surface area contributed by atoms with Crippen LogP contribution in [0.25, 0.3) is 0 Å². The first-order chi connectivity index (χ1) is 14.4. The van der Waals surface area contributed by atoms with Crippen LogP contribution in [-0.4, -0.2) is 20.9 Å². The lowest BCUT2D eigenvalue weighted by molar-refractivity contribution is -0.120. The van der Waals surface area contributed by atoms with Crippen molar-refractivity contribution in [2.75, 3.05) is 10.8 Å². The Balaban J connectivity index is 1.89. The Morgan fingerprint density at radius 2 is 1.47 bits per heavy atom. The van der Waals surface area contributed by atoms with Crippen molar-refractivity contribution in [2.45, 2.75) is 31.2 Å². The van der Waals surface area contributed by atoms with Gasteiger partial charge in [-0.15, -0.1) is 0 Å². The molecule has 0 heterocycles.